The Balaban J connectivity index is 3.61. The second kappa shape index (κ2) is 18.2. The summed E-state index contributed by atoms with van der Waals surface area (Å²) in [6.07, 6.45) is 22.5. The van der Waals surface area contributed by atoms with Crippen molar-refractivity contribution in [3.05, 3.63) is 48.6 Å². The first-order valence-electron chi connectivity index (χ1n) is 9.75. The Morgan fingerprint density at radius 2 is 1.31 bits per heavy atom. The minimum atomic E-state index is -0.713. The molecular formula is C22H36O4. The smallest absolute Gasteiger partial charge is 0.303 e. The third-order valence-corrected chi connectivity index (χ3v) is 3.91. The second-order valence-electron chi connectivity index (χ2n) is 6.36. The maximum Gasteiger partial charge on any atom is 0.303 e. The predicted molar refractivity (Wildman–Crippen MR) is 108 cm³/mol. The highest BCUT2D eigenvalue weighted by atomic mass is 16.4. The van der Waals surface area contributed by atoms with Gasteiger partial charge in [-0.3, -0.25) is 4.79 Å². The summed E-state index contributed by atoms with van der Waals surface area (Å²) in [5.74, 6) is -0.713. The summed E-state index contributed by atoms with van der Waals surface area (Å²) >= 11 is 0. The first-order valence-corrected chi connectivity index (χ1v) is 9.75. The van der Waals surface area contributed by atoms with Gasteiger partial charge >= 0.3 is 5.97 Å². The molecule has 0 aliphatic carbocycles. The lowest BCUT2D eigenvalue weighted by molar-refractivity contribution is -0.137. The molecule has 0 heterocycles. The Bertz CT molecular complexity index is 449. The van der Waals surface area contributed by atoms with Crippen LogP contribution < -0.4 is 0 Å². The van der Waals surface area contributed by atoms with E-state index in [-0.39, 0.29) is 6.42 Å². The molecule has 0 aliphatic heterocycles. The molecule has 4 heteroatoms. The van der Waals surface area contributed by atoms with Crippen molar-refractivity contribution in [3.63, 3.8) is 0 Å². The zero-order valence-electron chi connectivity index (χ0n) is 16.1. The molecule has 0 amide bonds. The van der Waals surface area contributed by atoms with Crippen molar-refractivity contribution in [2.75, 3.05) is 0 Å². The van der Waals surface area contributed by atoms with Crippen molar-refractivity contribution >= 4 is 5.97 Å². The van der Waals surface area contributed by atoms with Crippen LogP contribution >= 0.6 is 0 Å². The Kier molecular flexibility index (Phi) is 17.0. The normalized spacial score (nSPS) is 14.9. The van der Waals surface area contributed by atoms with Crippen LogP contribution in [0.25, 0.3) is 0 Å². The van der Waals surface area contributed by atoms with Crippen molar-refractivity contribution in [2.45, 2.75) is 83.3 Å². The minimum absolute atomic E-state index is 0.270. The van der Waals surface area contributed by atoms with E-state index in [1.54, 1.807) is 0 Å². The fourth-order valence-corrected chi connectivity index (χ4v) is 2.33. The molecule has 3 N–H and O–H groups in total. The number of aliphatic carboxylic acids is 1. The van der Waals surface area contributed by atoms with Gasteiger partial charge in [-0.05, 0) is 51.4 Å². The summed E-state index contributed by atoms with van der Waals surface area (Å²) in [6, 6.07) is 0. The van der Waals surface area contributed by atoms with Crippen LogP contribution in [-0.2, 0) is 4.79 Å². The zero-order chi connectivity index (χ0) is 19.5. The molecule has 0 radical (unpaired) electrons. The molecule has 0 rings (SSSR count). The van der Waals surface area contributed by atoms with Crippen LogP contribution in [0.3, 0.4) is 0 Å². The number of carboxylic acids is 1. The highest BCUT2D eigenvalue weighted by molar-refractivity contribution is 5.66. The van der Waals surface area contributed by atoms with Crippen LogP contribution in [0.4, 0.5) is 0 Å². The van der Waals surface area contributed by atoms with Crippen LogP contribution in [-0.4, -0.2) is 33.5 Å². The van der Waals surface area contributed by atoms with E-state index < -0.39 is 18.2 Å². The SMILES string of the molecule is CC/C=C/CC(O)C(O)C/C=C/C/C=C/C/C=C/CCCCCC(=O)O. The van der Waals surface area contributed by atoms with E-state index in [0.717, 1.165) is 44.9 Å². The lowest BCUT2D eigenvalue weighted by Gasteiger charge is -2.14. The maximum atomic E-state index is 10.4. The van der Waals surface area contributed by atoms with Crippen molar-refractivity contribution in [2.24, 2.45) is 0 Å². The molecular weight excluding hydrogens is 328 g/mol. The fraction of sp³-hybridized carbons (Fsp3) is 0.591. The third kappa shape index (κ3) is 17.2. The van der Waals surface area contributed by atoms with E-state index in [1.807, 2.05) is 31.2 Å². The Hall–Kier alpha value is -1.65. The third-order valence-electron chi connectivity index (χ3n) is 3.91. The van der Waals surface area contributed by atoms with Crippen molar-refractivity contribution in [1.29, 1.82) is 0 Å². The number of hydrogen-bond acceptors (Lipinski definition) is 3. The molecule has 0 saturated carbocycles. The van der Waals surface area contributed by atoms with Gasteiger partial charge in [-0.1, -0.05) is 62.0 Å². The van der Waals surface area contributed by atoms with E-state index in [2.05, 4.69) is 24.3 Å². The quantitative estimate of drug-likeness (QED) is 0.268. The van der Waals surface area contributed by atoms with Crippen LogP contribution in [0.1, 0.15) is 71.1 Å². The monoisotopic (exact) mass is 364 g/mol. The summed E-state index contributed by atoms with van der Waals surface area (Å²) < 4.78 is 0. The first-order chi connectivity index (χ1) is 12.6. The largest absolute Gasteiger partial charge is 0.481 e. The highest BCUT2D eigenvalue weighted by Gasteiger charge is 2.12. The Morgan fingerprint density at radius 1 is 0.769 bits per heavy atom. The minimum Gasteiger partial charge on any atom is -0.481 e. The van der Waals surface area contributed by atoms with Gasteiger partial charge in [-0.15, -0.1) is 0 Å². The number of aliphatic hydroxyl groups excluding tert-OH is 2. The number of aliphatic hydroxyl groups is 2. The molecule has 0 aromatic heterocycles. The van der Waals surface area contributed by atoms with Gasteiger partial charge < -0.3 is 15.3 Å². The van der Waals surface area contributed by atoms with Crippen molar-refractivity contribution < 1.29 is 20.1 Å². The summed E-state index contributed by atoms with van der Waals surface area (Å²) in [5, 5.41) is 28.1. The molecule has 26 heavy (non-hydrogen) atoms. The van der Waals surface area contributed by atoms with E-state index >= 15 is 0 Å². The molecule has 0 aromatic carbocycles. The van der Waals surface area contributed by atoms with E-state index in [1.165, 1.54) is 0 Å². The molecule has 4 nitrogen and oxygen atoms in total. The summed E-state index contributed by atoms with van der Waals surface area (Å²) in [6.45, 7) is 2.04. The lowest BCUT2D eigenvalue weighted by atomic mass is 10.1. The van der Waals surface area contributed by atoms with Crippen LogP contribution in [0.5, 0.6) is 0 Å². The second-order valence-corrected chi connectivity index (χ2v) is 6.36. The summed E-state index contributed by atoms with van der Waals surface area (Å²) in [5.41, 5.74) is 0. The van der Waals surface area contributed by atoms with Crippen molar-refractivity contribution in [1.82, 2.24) is 0 Å². The Labute approximate surface area is 158 Å². The highest BCUT2D eigenvalue weighted by Crippen LogP contribution is 2.06. The van der Waals surface area contributed by atoms with Gasteiger partial charge in [0.05, 0.1) is 12.2 Å². The average molecular weight is 365 g/mol. The molecule has 0 fully saturated rings. The molecule has 0 spiro atoms. The topological polar surface area (TPSA) is 77.8 Å². The molecule has 0 aliphatic rings. The zero-order valence-corrected chi connectivity index (χ0v) is 16.1. The molecule has 0 aromatic rings. The average Bonchev–Trinajstić information content (AvgIpc) is 2.61. The van der Waals surface area contributed by atoms with Gasteiger partial charge in [0.25, 0.3) is 0 Å². The fourth-order valence-electron chi connectivity index (χ4n) is 2.33. The summed E-state index contributed by atoms with van der Waals surface area (Å²) in [7, 11) is 0. The van der Waals surface area contributed by atoms with Gasteiger partial charge in [-0.2, -0.15) is 0 Å². The van der Waals surface area contributed by atoms with Gasteiger partial charge in [0.1, 0.15) is 0 Å². The number of hydrogen-bond donors (Lipinski definition) is 3. The number of carbonyl (C=O) groups is 1. The Morgan fingerprint density at radius 3 is 1.88 bits per heavy atom. The predicted octanol–water partition coefficient (Wildman–Crippen LogP) is 4.94. The van der Waals surface area contributed by atoms with Gasteiger partial charge in [0.2, 0.25) is 0 Å². The molecule has 2 unspecified atom stereocenters. The van der Waals surface area contributed by atoms with Crippen LogP contribution in [0.2, 0.25) is 0 Å². The lowest BCUT2D eigenvalue weighted by Crippen LogP contribution is -2.24. The van der Waals surface area contributed by atoms with E-state index in [0.29, 0.717) is 12.8 Å². The number of carboxylic acid groups (broad SMARTS) is 1. The number of unbranched alkanes of at least 4 members (excludes halogenated alkanes) is 3. The molecule has 0 bridgehead atoms. The van der Waals surface area contributed by atoms with Gasteiger partial charge in [0, 0.05) is 6.42 Å². The number of rotatable bonds is 16. The van der Waals surface area contributed by atoms with Gasteiger partial charge in [-0.25, -0.2) is 0 Å². The molecule has 0 saturated heterocycles. The van der Waals surface area contributed by atoms with Crippen LogP contribution in [0, 0.1) is 0 Å². The van der Waals surface area contributed by atoms with Crippen molar-refractivity contribution in [3.8, 4) is 0 Å². The molecule has 148 valence electrons. The van der Waals surface area contributed by atoms with E-state index in [4.69, 9.17) is 5.11 Å². The van der Waals surface area contributed by atoms with Gasteiger partial charge in [0.15, 0.2) is 0 Å². The first kappa shape index (κ1) is 24.4. The number of allylic oxidation sites excluding steroid dienone is 6. The van der Waals surface area contributed by atoms with E-state index in [9.17, 15) is 15.0 Å². The van der Waals surface area contributed by atoms with Crippen LogP contribution in [0.15, 0.2) is 48.6 Å². The summed E-state index contributed by atoms with van der Waals surface area (Å²) in [4.78, 5) is 10.4. The standard InChI is InChI=1S/C22H36O4/c1-2-3-14-17-20(23)21(24)18-15-12-10-8-6-4-5-7-9-11-13-16-19-22(25)26/h3,5-8,12,14-15,20-21,23-24H,2,4,9-11,13,16-19H2,1H3,(H,25,26)/b7-5+,8-6+,14-3+,15-12+. The maximum absolute atomic E-state index is 10.4. The molecule has 2 atom stereocenters.